The molecule has 0 amide bonds. The summed E-state index contributed by atoms with van der Waals surface area (Å²) in [6.07, 6.45) is 5.86. The van der Waals surface area contributed by atoms with Gasteiger partial charge in [-0.3, -0.25) is 0 Å². The molecule has 0 aliphatic rings. The Bertz CT molecular complexity index is 589. The molecule has 2 aromatic rings. The topological polar surface area (TPSA) is 55.9 Å². The third-order valence-electron chi connectivity index (χ3n) is 3.83. The summed E-state index contributed by atoms with van der Waals surface area (Å²) in [4.78, 5) is 4.41. The van der Waals surface area contributed by atoms with Crippen molar-refractivity contribution >= 4 is 48.8 Å². The molecule has 0 saturated carbocycles. The van der Waals surface area contributed by atoms with E-state index in [0.717, 1.165) is 36.6 Å². The molecule has 0 aliphatic carbocycles. The Hall–Kier alpha value is -0.490. The number of nitrogens with zero attached hydrogens (tertiary/aromatic N) is 2. The van der Waals surface area contributed by atoms with Gasteiger partial charge in [-0.25, -0.2) is 4.98 Å². The van der Waals surface area contributed by atoms with Gasteiger partial charge in [-0.05, 0) is 44.1 Å². The highest BCUT2D eigenvalue weighted by atomic mass is 35.5. The van der Waals surface area contributed by atoms with E-state index in [9.17, 15) is 0 Å². The fourth-order valence-corrected chi connectivity index (χ4v) is 2.73. The number of rotatable bonds is 8. The van der Waals surface area contributed by atoms with Gasteiger partial charge in [0.25, 0.3) is 0 Å². The first kappa shape index (κ1) is 26.7. The highest BCUT2D eigenvalue weighted by molar-refractivity contribution is 6.30. The quantitative estimate of drug-likeness (QED) is 0.660. The Morgan fingerprint density at radius 3 is 2.40 bits per heavy atom. The average molecular weight is 430 g/mol. The summed E-state index contributed by atoms with van der Waals surface area (Å²) in [7, 11) is 0. The van der Waals surface area contributed by atoms with Crippen LogP contribution in [0, 0.1) is 0 Å². The zero-order chi connectivity index (χ0) is 16.0. The minimum Gasteiger partial charge on any atom is -0.335 e. The molecule has 1 atom stereocenters. The minimum absolute atomic E-state index is 0. The predicted molar refractivity (Wildman–Crippen MR) is 114 cm³/mol. The molecule has 2 rings (SSSR count). The number of halogens is 4. The van der Waals surface area contributed by atoms with Gasteiger partial charge in [0.15, 0.2) is 0 Å². The van der Waals surface area contributed by atoms with Crippen LogP contribution < -0.4 is 11.1 Å². The molecule has 1 unspecified atom stereocenters. The lowest BCUT2D eigenvalue weighted by atomic mass is 9.91. The number of hydrogen-bond donors (Lipinski definition) is 2. The van der Waals surface area contributed by atoms with E-state index in [1.807, 2.05) is 18.5 Å². The molecule has 0 spiro atoms. The molecule has 0 fully saturated rings. The third-order valence-corrected chi connectivity index (χ3v) is 4.08. The zero-order valence-corrected chi connectivity index (χ0v) is 17.8. The van der Waals surface area contributed by atoms with Crippen LogP contribution in [-0.4, -0.2) is 22.6 Å². The second-order valence-electron chi connectivity index (χ2n) is 5.84. The summed E-state index contributed by atoms with van der Waals surface area (Å²) < 4.78 is 2.13. The molecule has 0 radical (unpaired) electrons. The van der Waals surface area contributed by atoms with Gasteiger partial charge in [0.05, 0.1) is 17.6 Å². The largest absolute Gasteiger partial charge is 0.335 e. The van der Waals surface area contributed by atoms with Crippen LogP contribution >= 0.6 is 48.8 Å². The number of aromatic nitrogens is 2. The number of nitrogens with two attached hydrogens (primary N) is 1. The van der Waals surface area contributed by atoms with Crippen LogP contribution in [-0.2, 0) is 18.5 Å². The second-order valence-corrected chi connectivity index (χ2v) is 6.28. The Labute approximate surface area is 174 Å². The zero-order valence-electron chi connectivity index (χ0n) is 14.6. The molecule has 8 heteroatoms. The molecule has 0 bridgehead atoms. The highest BCUT2D eigenvalue weighted by Gasteiger charge is 2.26. The van der Waals surface area contributed by atoms with E-state index < -0.39 is 0 Å². The summed E-state index contributed by atoms with van der Waals surface area (Å²) in [6, 6.07) is 8.05. The molecule has 144 valence electrons. The van der Waals surface area contributed by atoms with Crippen LogP contribution in [0.25, 0.3) is 0 Å². The smallest absolute Gasteiger partial charge is 0.0950 e. The number of imidazole rings is 1. The van der Waals surface area contributed by atoms with E-state index in [0.29, 0.717) is 6.54 Å². The molecule has 0 aliphatic heterocycles. The van der Waals surface area contributed by atoms with E-state index in [1.54, 1.807) is 0 Å². The van der Waals surface area contributed by atoms with Crippen molar-refractivity contribution in [3.05, 3.63) is 53.1 Å². The SMILES string of the molecule is CCCNC(C)(Cn1cnc(CCN)c1)c1ccc(Cl)cc1.Cl.Cl.Cl. The van der Waals surface area contributed by atoms with Gasteiger partial charge in [-0.2, -0.15) is 0 Å². The molecule has 1 aromatic heterocycles. The summed E-state index contributed by atoms with van der Waals surface area (Å²) >= 11 is 6.02. The van der Waals surface area contributed by atoms with Crippen molar-refractivity contribution in [2.24, 2.45) is 5.73 Å². The van der Waals surface area contributed by atoms with Crippen molar-refractivity contribution < 1.29 is 0 Å². The predicted octanol–water partition coefficient (Wildman–Crippen LogP) is 4.22. The average Bonchev–Trinajstić information content (AvgIpc) is 2.93. The molecule has 0 saturated heterocycles. The summed E-state index contributed by atoms with van der Waals surface area (Å²) in [5.74, 6) is 0. The molecule has 1 aromatic carbocycles. The van der Waals surface area contributed by atoms with E-state index in [4.69, 9.17) is 17.3 Å². The van der Waals surface area contributed by atoms with Gasteiger partial charge in [-0.15, -0.1) is 37.2 Å². The van der Waals surface area contributed by atoms with Gasteiger partial charge < -0.3 is 15.6 Å². The Morgan fingerprint density at radius 1 is 1.20 bits per heavy atom. The van der Waals surface area contributed by atoms with Gasteiger partial charge in [-0.1, -0.05) is 30.7 Å². The molecule has 3 N–H and O–H groups in total. The van der Waals surface area contributed by atoms with Crippen molar-refractivity contribution in [2.75, 3.05) is 13.1 Å². The van der Waals surface area contributed by atoms with Gasteiger partial charge in [0.2, 0.25) is 0 Å². The van der Waals surface area contributed by atoms with Crippen LogP contribution in [0.5, 0.6) is 0 Å². The standard InChI is InChI=1S/C17H25ClN4.3ClH/c1-3-10-21-17(2,14-4-6-15(18)7-5-14)12-22-11-16(8-9-19)20-13-22;;;/h4-7,11,13,21H,3,8-10,12,19H2,1-2H3;3*1H. The van der Waals surface area contributed by atoms with Crippen LogP contribution in [0.2, 0.25) is 5.02 Å². The van der Waals surface area contributed by atoms with Crippen molar-refractivity contribution in [3.8, 4) is 0 Å². The van der Waals surface area contributed by atoms with E-state index in [1.165, 1.54) is 5.56 Å². The second kappa shape index (κ2) is 12.8. The number of nitrogens with one attached hydrogen (secondary N) is 1. The van der Waals surface area contributed by atoms with Crippen molar-refractivity contribution in [2.45, 2.75) is 38.8 Å². The Kier molecular flexibility index (Phi) is 13.7. The number of benzene rings is 1. The van der Waals surface area contributed by atoms with Crippen molar-refractivity contribution in [1.29, 1.82) is 0 Å². The van der Waals surface area contributed by atoms with Gasteiger partial charge >= 0.3 is 0 Å². The van der Waals surface area contributed by atoms with E-state index in [2.05, 4.69) is 47.0 Å². The first-order chi connectivity index (χ1) is 10.6. The van der Waals surface area contributed by atoms with Crippen LogP contribution in [0.3, 0.4) is 0 Å². The lowest BCUT2D eigenvalue weighted by molar-refractivity contribution is 0.315. The van der Waals surface area contributed by atoms with Gasteiger partial charge in [0.1, 0.15) is 0 Å². The fraction of sp³-hybridized carbons (Fsp3) is 0.471. The Morgan fingerprint density at radius 2 is 1.84 bits per heavy atom. The first-order valence-corrected chi connectivity index (χ1v) is 8.17. The number of hydrogen-bond acceptors (Lipinski definition) is 3. The molecule has 25 heavy (non-hydrogen) atoms. The van der Waals surface area contributed by atoms with Crippen molar-refractivity contribution in [1.82, 2.24) is 14.9 Å². The summed E-state index contributed by atoms with van der Waals surface area (Å²) in [5.41, 5.74) is 7.69. The molecule has 4 nitrogen and oxygen atoms in total. The maximum atomic E-state index is 6.02. The Balaban J connectivity index is 0. The summed E-state index contributed by atoms with van der Waals surface area (Å²) in [5, 5.41) is 4.41. The molecular weight excluding hydrogens is 402 g/mol. The molecular formula is C17H28Cl4N4. The third kappa shape index (κ3) is 7.73. The minimum atomic E-state index is -0.165. The van der Waals surface area contributed by atoms with Crippen molar-refractivity contribution in [3.63, 3.8) is 0 Å². The highest BCUT2D eigenvalue weighted by Crippen LogP contribution is 2.25. The van der Waals surface area contributed by atoms with E-state index >= 15 is 0 Å². The lowest BCUT2D eigenvalue weighted by Crippen LogP contribution is -2.43. The fourth-order valence-electron chi connectivity index (χ4n) is 2.60. The van der Waals surface area contributed by atoms with Gasteiger partial charge in [0, 0.05) is 24.2 Å². The van der Waals surface area contributed by atoms with E-state index in [-0.39, 0.29) is 42.8 Å². The molecule has 1 heterocycles. The van der Waals surface area contributed by atoms with Crippen LogP contribution in [0.4, 0.5) is 0 Å². The monoisotopic (exact) mass is 428 g/mol. The van der Waals surface area contributed by atoms with Crippen LogP contribution in [0.1, 0.15) is 31.5 Å². The maximum absolute atomic E-state index is 6.02. The maximum Gasteiger partial charge on any atom is 0.0950 e. The summed E-state index contributed by atoms with van der Waals surface area (Å²) in [6.45, 7) is 6.79. The normalized spacial score (nSPS) is 12.3. The first-order valence-electron chi connectivity index (χ1n) is 7.79. The lowest BCUT2D eigenvalue weighted by Gasteiger charge is -2.32. The van der Waals surface area contributed by atoms with Crippen LogP contribution in [0.15, 0.2) is 36.8 Å².